The molecule has 8 N–H and O–H groups in total. The van der Waals surface area contributed by atoms with Crippen molar-refractivity contribution >= 4 is 12.1 Å². The highest BCUT2D eigenvalue weighted by atomic mass is 16.6. The molecule has 1 fully saturated rings. The fraction of sp³-hybridized carbons (Fsp3) is 0.758. The molecule has 1 heterocycles. The molecule has 0 aliphatic carbocycles. The molecule has 1 aliphatic heterocycles. The number of aliphatic hydroxyl groups is 6. The second-order valence-electron chi connectivity index (χ2n) is 13.0. The molecule has 0 bridgehead atoms. The van der Waals surface area contributed by atoms with Crippen LogP contribution in [0.4, 0.5) is 4.79 Å². The zero-order chi connectivity index (χ0) is 33.9. The Balaban J connectivity index is 2.78. The van der Waals surface area contributed by atoms with Crippen molar-refractivity contribution < 1.29 is 49.7 Å². The Morgan fingerprint density at radius 3 is 2.07 bits per heavy atom. The van der Waals surface area contributed by atoms with E-state index in [4.69, 9.17) is 20.3 Å². The maximum atomic E-state index is 12.0. The van der Waals surface area contributed by atoms with Crippen molar-refractivity contribution in [3.8, 4) is 0 Å². The molecule has 0 saturated carbocycles. The van der Waals surface area contributed by atoms with Crippen LogP contribution in [0.2, 0.25) is 0 Å². The van der Waals surface area contributed by atoms with Crippen LogP contribution in [-0.2, 0) is 14.3 Å². The lowest BCUT2D eigenvalue weighted by molar-refractivity contribution is -0.179. The average molecular weight is 628 g/mol. The number of hydrogen-bond donors (Lipinski definition) is 7. The van der Waals surface area contributed by atoms with Crippen LogP contribution < -0.4 is 5.73 Å². The Morgan fingerprint density at radius 2 is 1.50 bits per heavy atom. The van der Waals surface area contributed by atoms with Crippen molar-refractivity contribution in [3.63, 3.8) is 0 Å². The molecule has 0 aromatic rings. The fourth-order valence-corrected chi connectivity index (χ4v) is 5.91. The van der Waals surface area contributed by atoms with Crippen LogP contribution >= 0.6 is 0 Å². The van der Waals surface area contributed by atoms with E-state index in [1.165, 1.54) is 6.08 Å². The zero-order valence-electron chi connectivity index (χ0n) is 27.5. The summed E-state index contributed by atoms with van der Waals surface area (Å²) >= 11 is 0. The second-order valence-corrected chi connectivity index (χ2v) is 13.0. The van der Waals surface area contributed by atoms with Crippen LogP contribution in [0.3, 0.4) is 0 Å². The SMILES string of the molecule is C/C(=C/[C@H](C)[C@@H](O)[C@@H](C)/C=C\[C@@H](O)C[C@@H]1OC(=O)[C@H](C)[C@@H](O)[C@H]1C)C[C@H](C)[C@@H](O)[C@H](C)[C@@H](OC(N)=O)[C@@H](C)/C=C\C(O)CO. The van der Waals surface area contributed by atoms with E-state index in [0.717, 1.165) is 5.57 Å². The summed E-state index contributed by atoms with van der Waals surface area (Å²) in [6, 6.07) is 0. The Bertz CT molecular complexity index is 984. The van der Waals surface area contributed by atoms with Crippen LogP contribution in [0.15, 0.2) is 36.0 Å². The standard InChI is InChI=1S/C33H57NO10/c1-17(14-21(5)29(39)23(7)31(44-33(34)42)19(3)10-12-26(37)16-35)13-20(4)28(38)18(2)9-11-25(36)15-27-22(6)30(40)24(8)32(41)43-27/h9-13,18-31,35-40H,14-16H2,1-8H3,(H2,34,42)/b11-9-,12-10-,17-13-/t18-,19-,20-,21-,22-,23-,24+,25+,26?,27-,28-,29+,30-,31-/m0/s1. The van der Waals surface area contributed by atoms with Gasteiger partial charge in [-0.3, -0.25) is 4.79 Å². The summed E-state index contributed by atoms with van der Waals surface area (Å²) in [5.41, 5.74) is 6.24. The molecule has 1 amide bonds. The highest BCUT2D eigenvalue weighted by Gasteiger charge is 2.41. The minimum atomic E-state index is -1.05. The van der Waals surface area contributed by atoms with Gasteiger partial charge in [-0.25, -0.2) is 4.79 Å². The molecule has 0 aromatic heterocycles. The van der Waals surface area contributed by atoms with Crippen LogP contribution in [0.5, 0.6) is 0 Å². The molecule has 1 unspecified atom stereocenters. The van der Waals surface area contributed by atoms with E-state index in [9.17, 15) is 35.1 Å². The van der Waals surface area contributed by atoms with Gasteiger partial charge in [0.25, 0.3) is 0 Å². The third-order valence-electron chi connectivity index (χ3n) is 8.89. The molecule has 0 aromatic carbocycles. The number of amides is 1. The third kappa shape index (κ3) is 12.3. The number of carbonyl (C=O) groups excluding carboxylic acids is 2. The zero-order valence-corrected chi connectivity index (χ0v) is 27.5. The van der Waals surface area contributed by atoms with E-state index in [-0.39, 0.29) is 30.1 Å². The third-order valence-corrected chi connectivity index (χ3v) is 8.89. The lowest BCUT2D eigenvalue weighted by Crippen LogP contribution is -2.47. The van der Waals surface area contributed by atoms with Crippen LogP contribution in [-0.4, -0.2) is 92.0 Å². The first kappa shape index (κ1) is 39.7. The Kier molecular flexibility index (Phi) is 16.8. The maximum Gasteiger partial charge on any atom is 0.404 e. The Labute approximate surface area is 262 Å². The largest absolute Gasteiger partial charge is 0.462 e. The van der Waals surface area contributed by atoms with Crippen molar-refractivity contribution in [1.29, 1.82) is 0 Å². The van der Waals surface area contributed by atoms with Gasteiger partial charge in [0.05, 0.1) is 43.0 Å². The summed E-state index contributed by atoms with van der Waals surface area (Å²) in [7, 11) is 0. The van der Waals surface area contributed by atoms with Crippen molar-refractivity contribution in [2.45, 2.75) is 111 Å². The topological polar surface area (TPSA) is 200 Å². The minimum absolute atomic E-state index is 0.147. The highest BCUT2D eigenvalue weighted by molar-refractivity contribution is 5.73. The molecule has 1 aliphatic rings. The predicted molar refractivity (Wildman–Crippen MR) is 167 cm³/mol. The number of esters is 1. The van der Waals surface area contributed by atoms with Crippen LogP contribution in [0, 0.1) is 41.4 Å². The normalized spacial score (nSPS) is 28.4. The van der Waals surface area contributed by atoms with Gasteiger partial charge in [-0.05, 0) is 26.2 Å². The van der Waals surface area contributed by atoms with E-state index in [1.807, 2.05) is 33.8 Å². The summed E-state index contributed by atoms with van der Waals surface area (Å²) in [6.07, 6.45) is 2.19. The number of rotatable bonds is 17. The number of carbonyl (C=O) groups is 2. The molecule has 1 rings (SSSR count). The molecular weight excluding hydrogens is 570 g/mol. The highest BCUT2D eigenvalue weighted by Crippen LogP contribution is 2.30. The summed E-state index contributed by atoms with van der Waals surface area (Å²) in [5, 5.41) is 61.5. The second kappa shape index (κ2) is 18.6. The van der Waals surface area contributed by atoms with Gasteiger partial charge in [0.1, 0.15) is 12.2 Å². The van der Waals surface area contributed by atoms with Gasteiger partial charge in [-0.2, -0.15) is 0 Å². The van der Waals surface area contributed by atoms with Crippen molar-refractivity contribution in [2.24, 2.45) is 47.2 Å². The summed E-state index contributed by atoms with van der Waals surface area (Å²) < 4.78 is 10.7. The van der Waals surface area contributed by atoms with Gasteiger partial charge in [-0.15, -0.1) is 0 Å². The molecule has 254 valence electrons. The van der Waals surface area contributed by atoms with E-state index < -0.39 is 79.2 Å². The van der Waals surface area contributed by atoms with E-state index in [1.54, 1.807) is 45.9 Å². The first-order chi connectivity index (χ1) is 20.4. The van der Waals surface area contributed by atoms with Gasteiger partial charge in [0.15, 0.2) is 0 Å². The Morgan fingerprint density at radius 1 is 0.932 bits per heavy atom. The minimum Gasteiger partial charge on any atom is -0.462 e. The first-order valence-electron chi connectivity index (χ1n) is 15.6. The quantitative estimate of drug-likeness (QED) is 0.0928. The number of aliphatic hydroxyl groups excluding tert-OH is 6. The predicted octanol–water partition coefficient (Wildman–Crippen LogP) is 2.46. The van der Waals surface area contributed by atoms with E-state index in [0.29, 0.717) is 6.42 Å². The number of allylic oxidation sites excluding steroid dienone is 1. The summed E-state index contributed by atoms with van der Waals surface area (Å²) in [5.74, 6) is -3.04. The smallest absolute Gasteiger partial charge is 0.404 e. The first-order valence-corrected chi connectivity index (χ1v) is 15.6. The van der Waals surface area contributed by atoms with Crippen molar-refractivity contribution in [1.82, 2.24) is 0 Å². The van der Waals surface area contributed by atoms with Gasteiger partial charge < -0.3 is 45.8 Å². The van der Waals surface area contributed by atoms with Gasteiger partial charge >= 0.3 is 12.1 Å². The Hall–Kier alpha value is -2.28. The van der Waals surface area contributed by atoms with Crippen molar-refractivity contribution in [2.75, 3.05) is 6.61 Å². The average Bonchev–Trinajstić information content (AvgIpc) is 2.97. The number of primary amides is 1. The number of hydrogen-bond acceptors (Lipinski definition) is 10. The van der Waals surface area contributed by atoms with Gasteiger partial charge in [0.2, 0.25) is 0 Å². The van der Waals surface area contributed by atoms with Crippen molar-refractivity contribution in [3.05, 3.63) is 36.0 Å². The fourth-order valence-electron chi connectivity index (χ4n) is 5.91. The number of ether oxygens (including phenoxy) is 2. The molecule has 44 heavy (non-hydrogen) atoms. The molecule has 11 heteroatoms. The van der Waals surface area contributed by atoms with E-state index in [2.05, 4.69) is 0 Å². The number of cyclic esters (lactones) is 1. The lowest BCUT2D eigenvalue weighted by atomic mass is 9.81. The van der Waals surface area contributed by atoms with Gasteiger partial charge in [0, 0.05) is 36.0 Å². The monoisotopic (exact) mass is 627 g/mol. The number of nitrogens with two attached hydrogens (primary N) is 1. The molecule has 0 radical (unpaired) electrons. The molecule has 14 atom stereocenters. The lowest BCUT2D eigenvalue weighted by Gasteiger charge is -2.36. The maximum absolute atomic E-state index is 12.0. The molecule has 11 nitrogen and oxygen atoms in total. The molecule has 0 spiro atoms. The molecule has 1 saturated heterocycles. The van der Waals surface area contributed by atoms with Crippen LogP contribution in [0.1, 0.15) is 68.2 Å². The van der Waals surface area contributed by atoms with Crippen LogP contribution in [0.25, 0.3) is 0 Å². The molecular formula is C33H57NO10. The van der Waals surface area contributed by atoms with E-state index >= 15 is 0 Å². The summed E-state index contributed by atoms with van der Waals surface area (Å²) in [4.78, 5) is 23.5. The summed E-state index contributed by atoms with van der Waals surface area (Å²) in [6.45, 7) is 14.0. The van der Waals surface area contributed by atoms with Gasteiger partial charge in [-0.1, -0.05) is 77.5 Å².